The van der Waals surface area contributed by atoms with E-state index in [0.717, 1.165) is 27.8 Å². The Kier molecular flexibility index (Phi) is 5.48. The molecule has 0 radical (unpaired) electrons. The Morgan fingerprint density at radius 3 is 2.38 bits per heavy atom. The van der Waals surface area contributed by atoms with Crippen LogP contribution >= 0.6 is 0 Å². The minimum absolute atomic E-state index is 0.105. The predicted molar refractivity (Wildman–Crippen MR) is 118 cm³/mol. The monoisotopic (exact) mass is 383 g/mol. The molecule has 0 spiro atoms. The number of benzene rings is 3. The lowest BCUT2D eigenvalue weighted by Gasteiger charge is -2.10. The first-order chi connectivity index (χ1) is 14.1. The number of carbonyl (C=O) groups excluding carboxylic acids is 1. The van der Waals surface area contributed by atoms with Gasteiger partial charge in [-0.15, -0.1) is 0 Å². The molecule has 0 atom stereocenters. The normalized spacial score (nSPS) is 11.1. The van der Waals surface area contributed by atoms with E-state index in [9.17, 15) is 4.79 Å². The standard InChI is InChI=1S/C26H25NO2/c1-19(2)21-11-13-22(14-12-21)25(28)17-27-16-15-23-24(27)9-6-10-26(23)29-18-20-7-4-3-5-8-20/h3-16,19H,17-18H2,1-2H3. The van der Waals surface area contributed by atoms with Crippen molar-refractivity contribution in [3.05, 3.63) is 102 Å². The molecule has 0 N–H and O–H groups in total. The number of rotatable bonds is 7. The maximum Gasteiger partial charge on any atom is 0.182 e. The highest BCUT2D eigenvalue weighted by Crippen LogP contribution is 2.27. The second-order valence-electron chi connectivity index (χ2n) is 7.61. The van der Waals surface area contributed by atoms with Crippen molar-refractivity contribution in [1.82, 2.24) is 4.57 Å². The minimum atomic E-state index is 0.105. The Balaban J connectivity index is 1.52. The zero-order valence-corrected chi connectivity index (χ0v) is 16.8. The molecular weight excluding hydrogens is 358 g/mol. The number of ketones is 1. The molecule has 0 saturated heterocycles. The molecule has 4 aromatic rings. The smallest absolute Gasteiger partial charge is 0.182 e. The summed E-state index contributed by atoms with van der Waals surface area (Å²) in [6, 6.07) is 26.1. The van der Waals surface area contributed by atoms with E-state index in [2.05, 4.69) is 26.0 Å². The van der Waals surface area contributed by atoms with Crippen LogP contribution in [0.1, 0.15) is 41.3 Å². The molecule has 0 saturated carbocycles. The van der Waals surface area contributed by atoms with Crippen molar-refractivity contribution in [3.63, 3.8) is 0 Å². The fourth-order valence-electron chi connectivity index (χ4n) is 3.49. The highest BCUT2D eigenvalue weighted by molar-refractivity contribution is 5.97. The summed E-state index contributed by atoms with van der Waals surface area (Å²) < 4.78 is 8.04. The Morgan fingerprint density at radius 1 is 0.897 bits per heavy atom. The van der Waals surface area contributed by atoms with E-state index in [1.54, 1.807) is 0 Å². The third kappa shape index (κ3) is 4.24. The van der Waals surface area contributed by atoms with Gasteiger partial charge in [-0.25, -0.2) is 0 Å². The number of nitrogens with zero attached hydrogens (tertiary/aromatic N) is 1. The number of ether oxygens (including phenoxy) is 1. The third-order valence-corrected chi connectivity index (χ3v) is 5.22. The lowest BCUT2D eigenvalue weighted by atomic mass is 10.0. The van der Waals surface area contributed by atoms with Gasteiger partial charge in [0.15, 0.2) is 5.78 Å². The van der Waals surface area contributed by atoms with Crippen molar-refractivity contribution < 1.29 is 9.53 Å². The first kappa shape index (κ1) is 19.0. The highest BCUT2D eigenvalue weighted by atomic mass is 16.5. The molecule has 0 amide bonds. The van der Waals surface area contributed by atoms with E-state index in [1.165, 1.54) is 5.56 Å². The Labute approximate surface area is 171 Å². The zero-order valence-electron chi connectivity index (χ0n) is 16.8. The molecule has 3 nitrogen and oxygen atoms in total. The summed E-state index contributed by atoms with van der Waals surface area (Å²) in [5.41, 5.74) is 4.12. The molecule has 29 heavy (non-hydrogen) atoms. The molecule has 0 fully saturated rings. The van der Waals surface area contributed by atoms with E-state index in [0.29, 0.717) is 19.1 Å². The van der Waals surface area contributed by atoms with Crippen LogP contribution < -0.4 is 4.74 Å². The van der Waals surface area contributed by atoms with Crippen LogP contribution in [0.25, 0.3) is 10.9 Å². The topological polar surface area (TPSA) is 31.2 Å². The van der Waals surface area contributed by atoms with Crippen molar-refractivity contribution in [2.75, 3.05) is 0 Å². The zero-order chi connectivity index (χ0) is 20.2. The number of aromatic nitrogens is 1. The number of fused-ring (bicyclic) bond motifs is 1. The number of hydrogen-bond donors (Lipinski definition) is 0. The van der Waals surface area contributed by atoms with Crippen LogP contribution in [0.15, 0.2) is 85.1 Å². The SMILES string of the molecule is CC(C)c1ccc(C(=O)Cn2ccc3c(OCc4ccccc4)cccc32)cc1. The van der Waals surface area contributed by atoms with Gasteiger partial charge in [0.05, 0.1) is 12.1 Å². The van der Waals surface area contributed by atoms with Gasteiger partial charge in [-0.1, -0.05) is 74.5 Å². The summed E-state index contributed by atoms with van der Waals surface area (Å²) in [4.78, 5) is 12.8. The molecule has 0 unspecified atom stereocenters. The van der Waals surface area contributed by atoms with E-state index in [-0.39, 0.29) is 5.78 Å². The van der Waals surface area contributed by atoms with Gasteiger partial charge < -0.3 is 9.30 Å². The van der Waals surface area contributed by atoms with E-state index in [4.69, 9.17) is 4.74 Å². The van der Waals surface area contributed by atoms with E-state index < -0.39 is 0 Å². The van der Waals surface area contributed by atoms with Crippen LogP contribution in [-0.2, 0) is 13.2 Å². The Bertz CT molecular complexity index is 1110. The molecule has 146 valence electrons. The van der Waals surface area contributed by atoms with Gasteiger partial charge in [0.1, 0.15) is 12.4 Å². The van der Waals surface area contributed by atoms with Crippen molar-refractivity contribution in [3.8, 4) is 5.75 Å². The molecular formula is C26H25NO2. The van der Waals surface area contributed by atoms with Gasteiger partial charge in [0.2, 0.25) is 0 Å². The first-order valence-electron chi connectivity index (χ1n) is 9.99. The average Bonchev–Trinajstić information content (AvgIpc) is 3.16. The van der Waals surface area contributed by atoms with Gasteiger partial charge in [0, 0.05) is 17.1 Å². The molecule has 1 heterocycles. The molecule has 4 rings (SSSR count). The molecule has 0 bridgehead atoms. The van der Waals surface area contributed by atoms with Crippen molar-refractivity contribution in [2.45, 2.75) is 32.9 Å². The number of Topliss-reactive ketones (excluding diaryl/α,β-unsaturated/α-hetero) is 1. The fourth-order valence-corrected chi connectivity index (χ4v) is 3.49. The molecule has 3 aromatic carbocycles. The Morgan fingerprint density at radius 2 is 1.66 bits per heavy atom. The summed E-state index contributed by atoms with van der Waals surface area (Å²) in [6.45, 7) is 5.14. The second kappa shape index (κ2) is 8.36. The third-order valence-electron chi connectivity index (χ3n) is 5.22. The van der Waals surface area contributed by atoms with Crippen LogP contribution in [0.5, 0.6) is 5.75 Å². The predicted octanol–water partition coefficient (Wildman–Crippen LogP) is 6.23. The lowest BCUT2D eigenvalue weighted by molar-refractivity contribution is 0.0973. The average molecular weight is 383 g/mol. The van der Waals surface area contributed by atoms with Crippen molar-refractivity contribution >= 4 is 16.7 Å². The first-order valence-corrected chi connectivity index (χ1v) is 9.99. The van der Waals surface area contributed by atoms with Crippen molar-refractivity contribution in [1.29, 1.82) is 0 Å². The second-order valence-corrected chi connectivity index (χ2v) is 7.61. The molecule has 1 aromatic heterocycles. The van der Waals surface area contributed by atoms with Crippen molar-refractivity contribution in [2.24, 2.45) is 0 Å². The molecule has 0 aliphatic carbocycles. The van der Waals surface area contributed by atoms with Gasteiger partial charge in [-0.2, -0.15) is 0 Å². The van der Waals surface area contributed by atoms with Gasteiger partial charge in [0.25, 0.3) is 0 Å². The van der Waals surface area contributed by atoms with Crippen LogP contribution in [0, 0.1) is 0 Å². The highest BCUT2D eigenvalue weighted by Gasteiger charge is 2.12. The largest absolute Gasteiger partial charge is 0.488 e. The maximum atomic E-state index is 12.8. The van der Waals surface area contributed by atoms with Crippen LogP contribution in [0.2, 0.25) is 0 Å². The lowest BCUT2D eigenvalue weighted by Crippen LogP contribution is -2.09. The number of hydrogen-bond acceptors (Lipinski definition) is 2. The summed E-state index contributed by atoms with van der Waals surface area (Å²) in [5, 5.41) is 1.02. The quantitative estimate of drug-likeness (QED) is 0.354. The summed E-state index contributed by atoms with van der Waals surface area (Å²) in [6.07, 6.45) is 1.96. The fraction of sp³-hybridized carbons (Fsp3) is 0.192. The van der Waals surface area contributed by atoms with E-state index in [1.807, 2.05) is 77.5 Å². The summed E-state index contributed by atoms with van der Waals surface area (Å²) >= 11 is 0. The molecule has 3 heteroatoms. The number of carbonyl (C=O) groups is 1. The van der Waals surface area contributed by atoms with Crippen LogP contribution in [0.4, 0.5) is 0 Å². The summed E-state index contributed by atoms with van der Waals surface area (Å²) in [7, 11) is 0. The maximum absolute atomic E-state index is 12.8. The molecule has 0 aliphatic heterocycles. The van der Waals surface area contributed by atoms with Crippen LogP contribution in [-0.4, -0.2) is 10.4 Å². The summed E-state index contributed by atoms with van der Waals surface area (Å²) in [5.74, 6) is 1.40. The van der Waals surface area contributed by atoms with E-state index >= 15 is 0 Å². The van der Waals surface area contributed by atoms with Gasteiger partial charge in [-0.05, 0) is 35.2 Å². The van der Waals surface area contributed by atoms with Crippen LogP contribution in [0.3, 0.4) is 0 Å². The van der Waals surface area contributed by atoms with Gasteiger partial charge >= 0.3 is 0 Å². The molecule has 0 aliphatic rings. The van der Waals surface area contributed by atoms with Gasteiger partial charge in [-0.3, -0.25) is 4.79 Å². The Hall–Kier alpha value is -3.33. The minimum Gasteiger partial charge on any atom is -0.488 e.